The molecule has 8 heteroatoms. The first-order valence-electron chi connectivity index (χ1n) is 8.73. The molecule has 0 radical (unpaired) electrons. The maximum absolute atomic E-state index is 6.13. The Balaban J connectivity index is 1.82. The number of nitrogens with zero attached hydrogens (tertiary/aromatic N) is 1. The summed E-state index contributed by atoms with van der Waals surface area (Å²) < 4.78 is 26.3. The highest BCUT2D eigenvalue weighted by Gasteiger charge is 2.51. The summed E-state index contributed by atoms with van der Waals surface area (Å²) in [5.41, 5.74) is 0.910. The molecule has 1 aromatic carbocycles. The Morgan fingerprint density at radius 1 is 1.04 bits per heavy atom. The number of ether oxygens (including phenoxy) is 2. The van der Waals surface area contributed by atoms with E-state index in [1.807, 2.05) is 58.0 Å². The molecule has 1 N–H and O–H groups in total. The molecule has 0 amide bonds. The van der Waals surface area contributed by atoms with Crippen LogP contribution in [0.3, 0.4) is 0 Å². The SMILES string of the molecule is COc1ccccc1NSc1cc(B2OC(C)(C)C(C)(C)O2)cnc1OC. The maximum Gasteiger partial charge on any atom is 0.496 e. The number of anilines is 1. The summed E-state index contributed by atoms with van der Waals surface area (Å²) in [7, 11) is 2.77. The van der Waals surface area contributed by atoms with Crippen LogP contribution in [0.1, 0.15) is 27.7 Å². The van der Waals surface area contributed by atoms with Crippen molar-refractivity contribution in [1.82, 2.24) is 4.98 Å². The molecule has 1 fully saturated rings. The van der Waals surface area contributed by atoms with Crippen molar-refractivity contribution in [3.63, 3.8) is 0 Å². The zero-order chi connectivity index (χ0) is 19.7. The second-order valence-corrected chi connectivity index (χ2v) is 8.12. The maximum atomic E-state index is 6.13. The lowest BCUT2D eigenvalue weighted by atomic mass is 9.80. The van der Waals surface area contributed by atoms with E-state index in [0.29, 0.717) is 5.88 Å². The molecule has 0 atom stereocenters. The van der Waals surface area contributed by atoms with Gasteiger partial charge in [0.05, 0.1) is 36.0 Å². The Bertz CT molecular complexity index is 800. The van der Waals surface area contributed by atoms with Gasteiger partial charge in [0.15, 0.2) is 0 Å². The number of hydrogen-bond donors (Lipinski definition) is 1. The highest BCUT2D eigenvalue weighted by molar-refractivity contribution is 8.00. The van der Waals surface area contributed by atoms with Gasteiger partial charge in [0.1, 0.15) is 5.75 Å². The number of nitrogens with one attached hydrogen (secondary N) is 1. The minimum absolute atomic E-state index is 0.402. The van der Waals surface area contributed by atoms with Crippen LogP contribution in [0.2, 0.25) is 0 Å². The number of rotatable bonds is 6. The van der Waals surface area contributed by atoms with Crippen LogP contribution in [0.25, 0.3) is 0 Å². The van der Waals surface area contributed by atoms with E-state index >= 15 is 0 Å². The zero-order valence-electron chi connectivity index (χ0n) is 16.5. The van der Waals surface area contributed by atoms with Gasteiger partial charge in [0, 0.05) is 11.7 Å². The molecule has 1 saturated heterocycles. The summed E-state index contributed by atoms with van der Waals surface area (Å²) in [4.78, 5) is 5.25. The average Bonchev–Trinajstić information content (AvgIpc) is 2.87. The molecule has 144 valence electrons. The smallest absolute Gasteiger partial charge is 0.495 e. The van der Waals surface area contributed by atoms with Gasteiger partial charge in [-0.05, 0) is 57.8 Å². The van der Waals surface area contributed by atoms with Crippen molar-refractivity contribution < 1.29 is 18.8 Å². The topological polar surface area (TPSA) is 61.8 Å². The highest BCUT2D eigenvalue weighted by atomic mass is 32.2. The van der Waals surface area contributed by atoms with Gasteiger partial charge in [0.2, 0.25) is 5.88 Å². The van der Waals surface area contributed by atoms with Gasteiger partial charge in [-0.3, -0.25) is 0 Å². The van der Waals surface area contributed by atoms with Crippen molar-refractivity contribution in [1.29, 1.82) is 0 Å². The van der Waals surface area contributed by atoms with E-state index in [9.17, 15) is 0 Å². The van der Waals surface area contributed by atoms with Gasteiger partial charge < -0.3 is 23.5 Å². The van der Waals surface area contributed by atoms with Crippen LogP contribution in [0, 0.1) is 0 Å². The summed E-state index contributed by atoms with van der Waals surface area (Å²) in [5.74, 6) is 1.29. The minimum atomic E-state index is -0.473. The van der Waals surface area contributed by atoms with Gasteiger partial charge in [-0.2, -0.15) is 0 Å². The molecule has 1 aliphatic rings. The third-order valence-electron chi connectivity index (χ3n) is 4.94. The normalized spacial score (nSPS) is 17.6. The number of hydrogen-bond acceptors (Lipinski definition) is 7. The first-order chi connectivity index (χ1) is 12.8. The van der Waals surface area contributed by atoms with Gasteiger partial charge in [-0.25, -0.2) is 4.98 Å². The van der Waals surface area contributed by atoms with Crippen LogP contribution in [-0.2, 0) is 9.31 Å². The zero-order valence-corrected chi connectivity index (χ0v) is 17.3. The molecule has 0 aliphatic carbocycles. The predicted molar refractivity (Wildman–Crippen MR) is 109 cm³/mol. The number of benzene rings is 1. The van der Waals surface area contributed by atoms with E-state index in [4.69, 9.17) is 18.8 Å². The number of para-hydroxylation sites is 2. The third kappa shape index (κ3) is 4.02. The molecule has 1 aromatic heterocycles. The molecule has 0 unspecified atom stereocenters. The first-order valence-corrected chi connectivity index (χ1v) is 9.54. The molecule has 0 spiro atoms. The van der Waals surface area contributed by atoms with Crippen molar-refractivity contribution in [2.45, 2.75) is 43.8 Å². The number of aromatic nitrogens is 1. The molecule has 27 heavy (non-hydrogen) atoms. The van der Waals surface area contributed by atoms with Gasteiger partial charge in [-0.1, -0.05) is 12.1 Å². The third-order valence-corrected chi connectivity index (χ3v) is 5.77. The van der Waals surface area contributed by atoms with E-state index in [2.05, 4.69) is 9.71 Å². The lowest BCUT2D eigenvalue weighted by molar-refractivity contribution is 0.00578. The van der Waals surface area contributed by atoms with E-state index in [1.54, 1.807) is 20.4 Å². The van der Waals surface area contributed by atoms with Crippen LogP contribution < -0.4 is 19.7 Å². The Morgan fingerprint density at radius 3 is 2.33 bits per heavy atom. The van der Waals surface area contributed by atoms with E-state index in [0.717, 1.165) is 21.8 Å². The molecule has 0 saturated carbocycles. The van der Waals surface area contributed by atoms with Crippen molar-refractivity contribution in [3.05, 3.63) is 36.5 Å². The fourth-order valence-corrected chi connectivity index (χ4v) is 3.43. The lowest BCUT2D eigenvalue weighted by Gasteiger charge is -2.32. The van der Waals surface area contributed by atoms with E-state index < -0.39 is 18.3 Å². The second kappa shape index (κ2) is 7.62. The van der Waals surface area contributed by atoms with E-state index in [-0.39, 0.29) is 0 Å². The van der Waals surface area contributed by atoms with Gasteiger partial charge >= 0.3 is 7.12 Å². The van der Waals surface area contributed by atoms with Crippen LogP contribution in [-0.4, -0.2) is 37.5 Å². The Labute approximate surface area is 165 Å². The van der Waals surface area contributed by atoms with Gasteiger partial charge in [-0.15, -0.1) is 0 Å². The second-order valence-electron chi connectivity index (χ2n) is 7.27. The Kier molecular flexibility index (Phi) is 5.60. The summed E-state index contributed by atoms with van der Waals surface area (Å²) in [5, 5.41) is 0. The molecule has 3 rings (SSSR count). The van der Waals surface area contributed by atoms with Crippen LogP contribution in [0.5, 0.6) is 11.6 Å². The van der Waals surface area contributed by atoms with Crippen LogP contribution >= 0.6 is 11.9 Å². The van der Waals surface area contributed by atoms with Crippen LogP contribution in [0.4, 0.5) is 5.69 Å². The lowest BCUT2D eigenvalue weighted by Crippen LogP contribution is -2.41. The fourth-order valence-electron chi connectivity index (χ4n) is 2.62. The predicted octanol–water partition coefficient (Wildman–Crippen LogP) is 3.52. The largest absolute Gasteiger partial charge is 0.496 e. The molecular formula is C19H25BN2O4S. The fraction of sp³-hybridized carbons (Fsp3) is 0.421. The summed E-state index contributed by atoms with van der Waals surface area (Å²) in [6.07, 6.45) is 1.73. The standard InChI is InChI=1S/C19H25BN2O4S/c1-18(2)19(3,4)26-20(25-18)13-11-16(17(24-6)21-12-13)27-22-14-9-7-8-10-15(14)23-5/h7-12,22H,1-6H3. The highest BCUT2D eigenvalue weighted by Crippen LogP contribution is 2.37. The van der Waals surface area contributed by atoms with Crippen molar-refractivity contribution in [2.75, 3.05) is 18.9 Å². The van der Waals surface area contributed by atoms with Crippen molar-refractivity contribution >= 4 is 30.2 Å². The van der Waals surface area contributed by atoms with Crippen LogP contribution in [0.15, 0.2) is 41.4 Å². The quantitative estimate of drug-likeness (QED) is 0.600. The summed E-state index contributed by atoms with van der Waals surface area (Å²) >= 11 is 1.40. The Morgan fingerprint density at radius 2 is 1.70 bits per heavy atom. The molecule has 1 aliphatic heterocycles. The number of methoxy groups -OCH3 is 2. The van der Waals surface area contributed by atoms with Gasteiger partial charge in [0.25, 0.3) is 0 Å². The number of pyridine rings is 1. The summed E-state index contributed by atoms with van der Waals surface area (Å²) in [6, 6.07) is 9.70. The molecule has 2 heterocycles. The minimum Gasteiger partial charge on any atom is -0.495 e. The molecule has 0 bridgehead atoms. The molecule has 6 nitrogen and oxygen atoms in total. The monoisotopic (exact) mass is 388 g/mol. The van der Waals surface area contributed by atoms with Crippen molar-refractivity contribution in [2.24, 2.45) is 0 Å². The molecular weight excluding hydrogens is 363 g/mol. The van der Waals surface area contributed by atoms with E-state index in [1.165, 1.54) is 11.9 Å². The Hall–Kier alpha value is -1.90. The van der Waals surface area contributed by atoms with Crippen molar-refractivity contribution in [3.8, 4) is 11.6 Å². The summed E-state index contributed by atoms with van der Waals surface area (Å²) in [6.45, 7) is 8.12. The first kappa shape index (κ1) is 19.9. The average molecular weight is 388 g/mol. The molecule has 2 aromatic rings.